The first kappa shape index (κ1) is 11.6. The van der Waals surface area contributed by atoms with Crippen molar-refractivity contribution in [2.75, 3.05) is 19.7 Å². The van der Waals surface area contributed by atoms with Gasteiger partial charge < -0.3 is 9.64 Å². The first-order valence-electron chi connectivity index (χ1n) is 6.17. The Hall–Kier alpha value is -0.900. The lowest BCUT2D eigenvalue weighted by Gasteiger charge is -2.29. The number of hydrogen-bond donors (Lipinski definition) is 0. The lowest BCUT2D eigenvalue weighted by atomic mass is 10.1. The molecule has 0 aromatic carbocycles. The molecule has 2 saturated heterocycles. The molecule has 2 aliphatic heterocycles. The molecule has 2 fully saturated rings. The average Bonchev–Trinajstić information content (AvgIpc) is 2.46. The molecular weight excluding hydrogens is 206 g/mol. The maximum atomic E-state index is 11.8. The van der Waals surface area contributed by atoms with E-state index in [-0.39, 0.29) is 17.8 Å². The number of Topliss-reactive ketones (excluding diaryl/α,β-unsaturated/α-hetero) is 1. The standard InChI is InChI=1S/C12H19NO3/c14-10-4-5-12(15)13(7-6-10)9-11-3-1-2-8-16-11/h11H,1-9H2. The average molecular weight is 225 g/mol. The molecule has 4 heteroatoms. The summed E-state index contributed by atoms with van der Waals surface area (Å²) in [6.07, 6.45) is 4.85. The van der Waals surface area contributed by atoms with Gasteiger partial charge in [0.1, 0.15) is 5.78 Å². The second kappa shape index (κ2) is 5.43. The maximum Gasteiger partial charge on any atom is 0.223 e. The molecule has 2 heterocycles. The lowest BCUT2D eigenvalue weighted by molar-refractivity contribution is -0.133. The monoisotopic (exact) mass is 225 g/mol. The Labute approximate surface area is 95.9 Å². The predicted octanol–water partition coefficient (Wildman–Crippen LogP) is 1.14. The van der Waals surface area contributed by atoms with Crippen LogP contribution in [0.3, 0.4) is 0 Å². The molecule has 0 saturated carbocycles. The predicted molar refractivity (Wildman–Crippen MR) is 59.0 cm³/mol. The van der Waals surface area contributed by atoms with Gasteiger partial charge >= 0.3 is 0 Å². The van der Waals surface area contributed by atoms with Gasteiger partial charge in [-0.2, -0.15) is 0 Å². The number of nitrogens with zero attached hydrogens (tertiary/aromatic N) is 1. The number of rotatable bonds is 2. The van der Waals surface area contributed by atoms with Gasteiger partial charge in [-0.15, -0.1) is 0 Å². The molecule has 1 amide bonds. The molecule has 2 rings (SSSR count). The summed E-state index contributed by atoms with van der Waals surface area (Å²) in [5.41, 5.74) is 0. The van der Waals surface area contributed by atoms with Crippen LogP contribution in [0.2, 0.25) is 0 Å². The van der Waals surface area contributed by atoms with Gasteiger partial charge in [0.25, 0.3) is 0 Å². The molecular formula is C12H19NO3. The zero-order chi connectivity index (χ0) is 11.4. The Morgan fingerprint density at radius 1 is 1.19 bits per heavy atom. The number of ether oxygens (including phenoxy) is 1. The fourth-order valence-electron chi connectivity index (χ4n) is 2.30. The lowest BCUT2D eigenvalue weighted by Crippen LogP contribution is -2.39. The first-order chi connectivity index (χ1) is 7.75. The Kier molecular flexibility index (Phi) is 3.93. The van der Waals surface area contributed by atoms with E-state index in [2.05, 4.69) is 0 Å². The minimum Gasteiger partial charge on any atom is -0.376 e. The van der Waals surface area contributed by atoms with Crippen molar-refractivity contribution in [2.24, 2.45) is 0 Å². The minimum absolute atomic E-state index is 0.111. The molecule has 1 atom stereocenters. The van der Waals surface area contributed by atoms with E-state index in [1.54, 1.807) is 4.90 Å². The quantitative estimate of drug-likeness (QED) is 0.708. The van der Waals surface area contributed by atoms with Crippen LogP contribution in [0.5, 0.6) is 0 Å². The van der Waals surface area contributed by atoms with Crippen molar-refractivity contribution < 1.29 is 14.3 Å². The Bertz CT molecular complexity index is 271. The zero-order valence-electron chi connectivity index (χ0n) is 9.61. The van der Waals surface area contributed by atoms with Crippen LogP contribution in [-0.2, 0) is 14.3 Å². The summed E-state index contributed by atoms with van der Waals surface area (Å²) in [5.74, 6) is 0.320. The molecule has 0 aromatic heterocycles. The number of likely N-dealkylation sites (tertiary alicyclic amines) is 1. The van der Waals surface area contributed by atoms with Crippen molar-refractivity contribution in [1.82, 2.24) is 4.90 Å². The van der Waals surface area contributed by atoms with E-state index < -0.39 is 0 Å². The Balaban J connectivity index is 1.86. The van der Waals surface area contributed by atoms with Crippen molar-refractivity contribution in [3.63, 3.8) is 0 Å². The minimum atomic E-state index is 0.111. The van der Waals surface area contributed by atoms with Crippen LogP contribution in [0, 0.1) is 0 Å². The van der Waals surface area contributed by atoms with Crippen LogP contribution in [-0.4, -0.2) is 42.4 Å². The van der Waals surface area contributed by atoms with Crippen molar-refractivity contribution in [3.8, 4) is 0 Å². The molecule has 0 radical (unpaired) electrons. The second-order valence-electron chi connectivity index (χ2n) is 4.62. The molecule has 0 aliphatic carbocycles. The highest BCUT2D eigenvalue weighted by molar-refractivity contribution is 5.87. The third-order valence-corrected chi connectivity index (χ3v) is 3.33. The maximum absolute atomic E-state index is 11.8. The molecule has 0 spiro atoms. The van der Waals surface area contributed by atoms with Crippen molar-refractivity contribution >= 4 is 11.7 Å². The van der Waals surface area contributed by atoms with Crippen LogP contribution in [0.1, 0.15) is 38.5 Å². The summed E-state index contributed by atoms with van der Waals surface area (Å²) >= 11 is 0. The van der Waals surface area contributed by atoms with Gasteiger partial charge in [0.2, 0.25) is 5.91 Å². The number of hydrogen-bond acceptors (Lipinski definition) is 3. The number of carbonyl (C=O) groups is 2. The summed E-state index contributed by atoms with van der Waals surface area (Å²) in [6, 6.07) is 0. The number of ketones is 1. The highest BCUT2D eigenvalue weighted by atomic mass is 16.5. The normalized spacial score (nSPS) is 28.0. The van der Waals surface area contributed by atoms with E-state index in [1.807, 2.05) is 0 Å². The van der Waals surface area contributed by atoms with Gasteiger partial charge in [-0.1, -0.05) is 0 Å². The fourth-order valence-corrected chi connectivity index (χ4v) is 2.30. The Morgan fingerprint density at radius 3 is 2.81 bits per heavy atom. The smallest absolute Gasteiger partial charge is 0.223 e. The highest BCUT2D eigenvalue weighted by Crippen LogP contribution is 2.16. The van der Waals surface area contributed by atoms with Gasteiger partial charge in [0, 0.05) is 39.0 Å². The van der Waals surface area contributed by atoms with Crippen molar-refractivity contribution in [3.05, 3.63) is 0 Å². The fraction of sp³-hybridized carbons (Fsp3) is 0.833. The third kappa shape index (κ3) is 3.04. The molecule has 4 nitrogen and oxygen atoms in total. The largest absolute Gasteiger partial charge is 0.376 e. The van der Waals surface area contributed by atoms with Gasteiger partial charge in [-0.3, -0.25) is 9.59 Å². The van der Waals surface area contributed by atoms with E-state index in [9.17, 15) is 9.59 Å². The van der Waals surface area contributed by atoms with E-state index in [4.69, 9.17) is 4.74 Å². The first-order valence-corrected chi connectivity index (χ1v) is 6.17. The highest BCUT2D eigenvalue weighted by Gasteiger charge is 2.24. The number of carbonyl (C=O) groups excluding carboxylic acids is 2. The molecule has 90 valence electrons. The van der Waals surface area contributed by atoms with Crippen LogP contribution in [0.25, 0.3) is 0 Å². The number of amides is 1. The third-order valence-electron chi connectivity index (χ3n) is 3.33. The Morgan fingerprint density at radius 2 is 2.06 bits per heavy atom. The van der Waals surface area contributed by atoms with Gasteiger partial charge in [0.15, 0.2) is 0 Å². The van der Waals surface area contributed by atoms with E-state index in [0.717, 1.165) is 19.4 Å². The molecule has 16 heavy (non-hydrogen) atoms. The molecule has 0 bridgehead atoms. The van der Waals surface area contributed by atoms with E-state index in [1.165, 1.54) is 6.42 Å². The molecule has 0 aromatic rings. The summed E-state index contributed by atoms with van der Waals surface area (Å²) in [4.78, 5) is 24.8. The summed E-state index contributed by atoms with van der Waals surface area (Å²) in [5, 5.41) is 0. The topological polar surface area (TPSA) is 46.6 Å². The van der Waals surface area contributed by atoms with Crippen LogP contribution >= 0.6 is 0 Å². The molecule has 0 N–H and O–H groups in total. The summed E-state index contributed by atoms with van der Waals surface area (Å²) in [6.45, 7) is 2.06. The van der Waals surface area contributed by atoms with Crippen molar-refractivity contribution in [2.45, 2.75) is 44.6 Å². The molecule has 2 aliphatic rings. The van der Waals surface area contributed by atoms with Gasteiger partial charge in [-0.25, -0.2) is 0 Å². The summed E-state index contributed by atoms with van der Waals surface area (Å²) < 4.78 is 5.62. The van der Waals surface area contributed by atoms with Crippen LogP contribution < -0.4 is 0 Å². The van der Waals surface area contributed by atoms with Crippen molar-refractivity contribution in [1.29, 1.82) is 0 Å². The SMILES string of the molecule is O=C1CCC(=O)N(CC2CCCCO2)CC1. The van der Waals surface area contributed by atoms with Crippen LogP contribution in [0.15, 0.2) is 0 Å². The van der Waals surface area contributed by atoms with E-state index >= 15 is 0 Å². The zero-order valence-corrected chi connectivity index (χ0v) is 9.61. The van der Waals surface area contributed by atoms with Gasteiger partial charge in [-0.05, 0) is 19.3 Å². The van der Waals surface area contributed by atoms with E-state index in [0.29, 0.717) is 32.4 Å². The summed E-state index contributed by atoms with van der Waals surface area (Å²) in [7, 11) is 0. The van der Waals surface area contributed by atoms with Crippen LogP contribution in [0.4, 0.5) is 0 Å². The second-order valence-corrected chi connectivity index (χ2v) is 4.62. The van der Waals surface area contributed by atoms with Gasteiger partial charge in [0.05, 0.1) is 6.10 Å². The molecule has 1 unspecified atom stereocenters.